The van der Waals surface area contributed by atoms with E-state index >= 15 is 0 Å². The molecule has 3 N–H and O–H groups in total. The molecule has 0 unspecified atom stereocenters. The van der Waals surface area contributed by atoms with E-state index in [1.165, 1.54) is 0 Å². The maximum Gasteiger partial charge on any atom is 0.321 e. The number of rotatable bonds is 1. The van der Waals surface area contributed by atoms with Crippen LogP contribution in [-0.2, 0) is 4.79 Å². The molecule has 0 bridgehead atoms. The van der Waals surface area contributed by atoms with E-state index in [0.29, 0.717) is 12.1 Å². The van der Waals surface area contributed by atoms with Crippen LogP contribution in [0, 0.1) is 0 Å². The Bertz CT molecular complexity index is 310. The highest BCUT2D eigenvalue weighted by molar-refractivity contribution is 5.74. The summed E-state index contributed by atoms with van der Waals surface area (Å²) in [6.07, 6.45) is 0.277. The smallest absolute Gasteiger partial charge is 0.321 e. The normalized spacial score (nSPS) is 32.0. The number of aliphatic hydroxyl groups is 1. The lowest BCUT2D eigenvalue weighted by atomic mass is 9.96. The average Bonchev–Trinajstić information content (AvgIpc) is 2.47. The Hall–Kier alpha value is -1.43. The molecule has 70 valence electrons. The van der Waals surface area contributed by atoms with Gasteiger partial charge in [-0.05, 0) is 0 Å². The molecular formula is C7H9N3O3. The molecule has 1 fully saturated rings. The quantitative estimate of drug-likeness (QED) is 0.534. The van der Waals surface area contributed by atoms with Crippen molar-refractivity contribution in [1.82, 2.24) is 5.32 Å². The zero-order valence-electron chi connectivity index (χ0n) is 6.77. The van der Waals surface area contributed by atoms with Crippen LogP contribution in [0.2, 0.25) is 0 Å². The van der Waals surface area contributed by atoms with Gasteiger partial charge in [0.05, 0.1) is 0 Å². The van der Waals surface area contributed by atoms with Crippen LogP contribution in [0.15, 0.2) is 21.7 Å². The van der Waals surface area contributed by atoms with Gasteiger partial charge in [0, 0.05) is 18.5 Å². The number of carboxylic acid groups (broad SMARTS) is 1. The fourth-order valence-electron chi connectivity index (χ4n) is 1.52. The topological polar surface area (TPSA) is 94.3 Å². The molecule has 0 aromatic carbocycles. The number of aliphatic hydroxyl groups excluding tert-OH is 1. The van der Waals surface area contributed by atoms with Crippen molar-refractivity contribution in [1.29, 1.82) is 0 Å². The van der Waals surface area contributed by atoms with Crippen LogP contribution >= 0.6 is 0 Å². The molecule has 2 rings (SSSR count). The summed E-state index contributed by atoms with van der Waals surface area (Å²) in [6, 6.07) is -0.799. The third-order valence-electron chi connectivity index (χ3n) is 2.26. The lowest BCUT2D eigenvalue weighted by Crippen LogP contribution is -2.46. The van der Waals surface area contributed by atoms with Crippen LogP contribution in [0.5, 0.6) is 0 Å². The molecule has 2 atom stereocenters. The Labute approximate surface area is 74.0 Å². The molecule has 1 saturated heterocycles. The van der Waals surface area contributed by atoms with E-state index in [4.69, 9.17) is 5.11 Å². The molecule has 0 saturated carbocycles. The molecule has 2 aliphatic rings. The van der Waals surface area contributed by atoms with Gasteiger partial charge in [0.2, 0.25) is 5.88 Å². The van der Waals surface area contributed by atoms with Gasteiger partial charge in [0.25, 0.3) is 0 Å². The Kier molecular flexibility index (Phi) is 1.77. The zero-order valence-corrected chi connectivity index (χ0v) is 6.77. The molecule has 0 radical (unpaired) electrons. The summed E-state index contributed by atoms with van der Waals surface area (Å²) in [4.78, 5) is 10.6. The zero-order chi connectivity index (χ0) is 9.42. The van der Waals surface area contributed by atoms with E-state index in [0.717, 1.165) is 0 Å². The number of piperidine rings is 1. The Morgan fingerprint density at radius 3 is 3.08 bits per heavy atom. The van der Waals surface area contributed by atoms with Crippen LogP contribution in [0.25, 0.3) is 0 Å². The van der Waals surface area contributed by atoms with Gasteiger partial charge in [-0.15, -0.1) is 5.11 Å². The highest BCUT2D eigenvalue weighted by atomic mass is 16.4. The van der Waals surface area contributed by atoms with Crippen LogP contribution in [-0.4, -0.2) is 34.8 Å². The fraction of sp³-hybridized carbons (Fsp3) is 0.571. The van der Waals surface area contributed by atoms with Crippen molar-refractivity contribution in [2.75, 3.05) is 6.54 Å². The molecule has 13 heavy (non-hydrogen) atoms. The Balaban J connectivity index is 2.16. The van der Waals surface area contributed by atoms with Crippen molar-refractivity contribution in [2.45, 2.75) is 18.5 Å². The fourth-order valence-corrected chi connectivity index (χ4v) is 1.52. The maximum atomic E-state index is 10.6. The summed E-state index contributed by atoms with van der Waals surface area (Å²) in [5, 5.41) is 28.0. The predicted octanol–water partition coefficient (Wildman–Crippen LogP) is 0.0369. The highest BCUT2D eigenvalue weighted by Gasteiger charge is 2.34. The molecule has 0 aromatic rings. The lowest BCUT2D eigenvalue weighted by Gasteiger charge is -2.24. The van der Waals surface area contributed by atoms with E-state index < -0.39 is 12.0 Å². The van der Waals surface area contributed by atoms with E-state index in [2.05, 4.69) is 15.5 Å². The van der Waals surface area contributed by atoms with Crippen LogP contribution in [0.1, 0.15) is 6.42 Å². The summed E-state index contributed by atoms with van der Waals surface area (Å²) in [6.45, 7) is 0.430. The number of nitrogens with zero attached hydrogens (tertiary/aromatic N) is 2. The third-order valence-corrected chi connectivity index (χ3v) is 2.26. The second-order valence-corrected chi connectivity index (χ2v) is 3.08. The lowest BCUT2D eigenvalue weighted by molar-refractivity contribution is -0.139. The number of nitrogens with one attached hydrogen (secondary N) is 1. The van der Waals surface area contributed by atoms with E-state index in [1.807, 2.05) is 0 Å². The van der Waals surface area contributed by atoms with Crippen LogP contribution in [0.3, 0.4) is 0 Å². The summed E-state index contributed by atoms with van der Waals surface area (Å²) < 4.78 is 0. The summed E-state index contributed by atoms with van der Waals surface area (Å²) in [7, 11) is 0. The second-order valence-electron chi connectivity index (χ2n) is 3.08. The van der Waals surface area contributed by atoms with Gasteiger partial charge < -0.3 is 15.5 Å². The highest BCUT2D eigenvalue weighted by Crippen LogP contribution is 2.27. The van der Waals surface area contributed by atoms with Crippen molar-refractivity contribution in [3.63, 3.8) is 0 Å². The maximum absolute atomic E-state index is 10.6. The van der Waals surface area contributed by atoms with E-state index in [9.17, 15) is 9.90 Å². The Morgan fingerprint density at radius 2 is 2.38 bits per heavy atom. The van der Waals surface area contributed by atoms with E-state index in [-0.39, 0.29) is 18.3 Å². The van der Waals surface area contributed by atoms with Gasteiger partial charge in [0.1, 0.15) is 12.1 Å². The first kappa shape index (κ1) is 8.18. The standard InChI is InChI=1S/C7H9N3O3/c11-6-3-1-4(7(12)13)8-2-5(3)9-10-6/h4-5,8,11H,1-2H2,(H,12,13)/t4-,5+/m1/s1. The number of hydrogen-bond acceptors (Lipinski definition) is 5. The van der Waals surface area contributed by atoms with Gasteiger partial charge in [-0.25, -0.2) is 0 Å². The number of carbonyl (C=O) groups is 1. The van der Waals surface area contributed by atoms with Gasteiger partial charge in [0.15, 0.2) is 0 Å². The summed E-state index contributed by atoms with van der Waals surface area (Å²) in [5.41, 5.74) is 0.631. The van der Waals surface area contributed by atoms with Crippen molar-refractivity contribution in [3.8, 4) is 0 Å². The largest absolute Gasteiger partial charge is 0.492 e. The summed E-state index contributed by atoms with van der Waals surface area (Å²) >= 11 is 0. The number of azo groups is 1. The van der Waals surface area contributed by atoms with Crippen molar-refractivity contribution < 1.29 is 15.0 Å². The molecule has 0 amide bonds. The predicted molar refractivity (Wildman–Crippen MR) is 42.3 cm³/mol. The monoisotopic (exact) mass is 183 g/mol. The first-order chi connectivity index (χ1) is 6.18. The minimum atomic E-state index is -0.911. The molecule has 6 heteroatoms. The minimum absolute atomic E-state index is 0.113. The molecule has 2 heterocycles. The number of carboxylic acids is 1. The van der Waals surface area contributed by atoms with Crippen LogP contribution < -0.4 is 5.32 Å². The van der Waals surface area contributed by atoms with Crippen molar-refractivity contribution >= 4 is 5.97 Å². The SMILES string of the molecule is O=C(O)[C@H]1CC2=C(O)N=N[C@H]2CN1. The molecule has 0 aliphatic carbocycles. The molecule has 0 aromatic heterocycles. The minimum Gasteiger partial charge on any atom is -0.492 e. The van der Waals surface area contributed by atoms with Crippen molar-refractivity contribution in [3.05, 3.63) is 11.5 Å². The number of aliphatic carboxylic acids is 1. The van der Waals surface area contributed by atoms with Gasteiger partial charge in [-0.3, -0.25) is 4.79 Å². The molecule has 6 nitrogen and oxygen atoms in total. The first-order valence-electron chi connectivity index (χ1n) is 3.97. The Morgan fingerprint density at radius 1 is 1.62 bits per heavy atom. The number of hydrogen-bond donors (Lipinski definition) is 3. The van der Waals surface area contributed by atoms with Crippen molar-refractivity contribution in [2.24, 2.45) is 10.2 Å². The van der Waals surface area contributed by atoms with Crippen LogP contribution in [0.4, 0.5) is 0 Å². The van der Waals surface area contributed by atoms with Gasteiger partial charge in [-0.1, -0.05) is 0 Å². The second kappa shape index (κ2) is 2.81. The summed E-state index contributed by atoms with van der Waals surface area (Å²) in [5.74, 6) is -1.02. The third kappa shape index (κ3) is 1.29. The van der Waals surface area contributed by atoms with Gasteiger partial charge >= 0.3 is 5.97 Å². The number of fused-ring (bicyclic) bond motifs is 1. The molecule has 0 spiro atoms. The molecule has 2 aliphatic heterocycles. The molecular weight excluding hydrogens is 174 g/mol. The first-order valence-corrected chi connectivity index (χ1v) is 3.97. The van der Waals surface area contributed by atoms with E-state index in [1.54, 1.807) is 0 Å². The van der Waals surface area contributed by atoms with Gasteiger partial charge in [-0.2, -0.15) is 5.11 Å². The average molecular weight is 183 g/mol.